The lowest BCUT2D eigenvalue weighted by molar-refractivity contribution is -0.114. The molecule has 3 aromatic carbocycles. The Morgan fingerprint density at radius 2 is 1.43 bits per heavy atom. The molecule has 0 saturated carbocycles. The van der Waals surface area contributed by atoms with Crippen molar-refractivity contribution in [1.29, 1.82) is 0 Å². The number of ether oxygens (including phenoxy) is 5. The molecule has 3 aromatic rings. The molecule has 182 valence electrons. The van der Waals surface area contributed by atoms with Gasteiger partial charge in [0.05, 0.1) is 46.1 Å². The number of benzene rings is 3. The van der Waals surface area contributed by atoms with E-state index in [1.54, 1.807) is 58.6 Å². The fourth-order valence-electron chi connectivity index (χ4n) is 3.93. The zero-order valence-corrected chi connectivity index (χ0v) is 21.0. The first kappa shape index (κ1) is 24.3. The summed E-state index contributed by atoms with van der Waals surface area (Å²) in [6.07, 6.45) is 1.89. The summed E-state index contributed by atoms with van der Waals surface area (Å²) < 4.78 is 27.7. The van der Waals surface area contributed by atoms with Gasteiger partial charge in [0.15, 0.2) is 11.5 Å². The standard InChI is InChI=1S/C27H27NO6S/c1-30-19-11-12-21(31-2)20(16-19)28-26(29)24(13-17-9-7-6-8-10-17)35-27(28)18-14-22(32-3)25(34-5)23(15-18)33-4/h6-16,27H,1-5H3. The summed E-state index contributed by atoms with van der Waals surface area (Å²) in [6, 6.07) is 18.9. The Labute approximate surface area is 209 Å². The molecule has 1 atom stereocenters. The molecule has 1 saturated heterocycles. The fraction of sp³-hybridized carbons (Fsp3) is 0.222. The molecule has 7 nitrogen and oxygen atoms in total. The summed E-state index contributed by atoms with van der Waals surface area (Å²) in [5.74, 6) is 2.52. The molecule has 0 radical (unpaired) electrons. The van der Waals surface area contributed by atoms with Gasteiger partial charge in [-0.25, -0.2) is 0 Å². The normalized spacial score (nSPS) is 16.4. The van der Waals surface area contributed by atoms with Gasteiger partial charge in [-0.1, -0.05) is 42.1 Å². The molecule has 1 heterocycles. The first-order valence-corrected chi connectivity index (χ1v) is 11.7. The lowest BCUT2D eigenvalue weighted by Gasteiger charge is -2.26. The fourth-order valence-corrected chi connectivity index (χ4v) is 5.16. The van der Waals surface area contributed by atoms with E-state index in [0.29, 0.717) is 39.3 Å². The number of thioether (sulfide) groups is 1. The Bertz CT molecular complexity index is 1220. The molecule has 35 heavy (non-hydrogen) atoms. The van der Waals surface area contributed by atoms with E-state index in [1.807, 2.05) is 48.5 Å². The maximum atomic E-state index is 13.8. The summed E-state index contributed by atoms with van der Waals surface area (Å²) >= 11 is 1.44. The summed E-state index contributed by atoms with van der Waals surface area (Å²) in [4.78, 5) is 16.2. The monoisotopic (exact) mass is 493 g/mol. The molecule has 8 heteroatoms. The minimum absolute atomic E-state index is 0.149. The first-order valence-electron chi connectivity index (χ1n) is 10.8. The van der Waals surface area contributed by atoms with Gasteiger partial charge in [-0.05, 0) is 41.5 Å². The summed E-state index contributed by atoms with van der Waals surface area (Å²) in [6.45, 7) is 0. The molecular weight excluding hydrogens is 466 g/mol. The van der Waals surface area contributed by atoms with Crippen molar-refractivity contribution in [3.8, 4) is 28.7 Å². The molecule has 0 aliphatic carbocycles. The van der Waals surface area contributed by atoms with E-state index >= 15 is 0 Å². The predicted octanol–water partition coefficient (Wildman–Crippen LogP) is 5.55. The van der Waals surface area contributed by atoms with Gasteiger partial charge in [0.2, 0.25) is 5.75 Å². The quantitative estimate of drug-likeness (QED) is 0.381. The number of carbonyl (C=O) groups excluding carboxylic acids is 1. The van der Waals surface area contributed by atoms with Crippen LogP contribution in [0.4, 0.5) is 5.69 Å². The van der Waals surface area contributed by atoms with Gasteiger partial charge in [-0.2, -0.15) is 0 Å². The molecule has 4 rings (SSSR count). The van der Waals surface area contributed by atoms with Gasteiger partial charge >= 0.3 is 0 Å². The summed E-state index contributed by atoms with van der Waals surface area (Å²) in [5.41, 5.74) is 2.34. The van der Waals surface area contributed by atoms with Crippen LogP contribution in [0, 0.1) is 0 Å². The van der Waals surface area contributed by atoms with E-state index in [1.165, 1.54) is 11.8 Å². The largest absolute Gasteiger partial charge is 0.497 e. The minimum Gasteiger partial charge on any atom is -0.497 e. The highest BCUT2D eigenvalue weighted by molar-refractivity contribution is 8.05. The highest BCUT2D eigenvalue weighted by Gasteiger charge is 2.40. The molecule has 0 N–H and O–H groups in total. The smallest absolute Gasteiger partial charge is 0.266 e. The topological polar surface area (TPSA) is 66.5 Å². The Kier molecular flexibility index (Phi) is 7.41. The van der Waals surface area contributed by atoms with E-state index < -0.39 is 5.37 Å². The highest BCUT2D eigenvalue weighted by Crippen LogP contribution is 2.53. The van der Waals surface area contributed by atoms with Crippen molar-refractivity contribution < 1.29 is 28.5 Å². The van der Waals surface area contributed by atoms with Gasteiger partial charge in [0.1, 0.15) is 16.9 Å². The number of nitrogens with zero attached hydrogens (tertiary/aromatic N) is 1. The molecule has 1 fully saturated rings. The van der Waals surface area contributed by atoms with Crippen LogP contribution in [-0.2, 0) is 4.79 Å². The van der Waals surface area contributed by atoms with Crippen LogP contribution in [0.25, 0.3) is 6.08 Å². The van der Waals surface area contributed by atoms with E-state index in [4.69, 9.17) is 23.7 Å². The van der Waals surface area contributed by atoms with E-state index in [9.17, 15) is 4.79 Å². The highest BCUT2D eigenvalue weighted by atomic mass is 32.2. The second kappa shape index (κ2) is 10.7. The molecule has 0 bridgehead atoms. The second-order valence-corrected chi connectivity index (χ2v) is 8.68. The van der Waals surface area contributed by atoms with Crippen molar-refractivity contribution in [3.63, 3.8) is 0 Å². The number of amides is 1. The van der Waals surface area contributed by atoms with Crippen LogP contribution in [0.15, 0.2) is 65.6 Å². The second-order valence-electron chi connectivity index (χ2n) is 7.56. The lowest BCUT2D eigenvalue weighted by atomic mass is 10.1. The zero-order valence-electron chi connectivity index (χ0n) is 20.2. The number of hydrogen-bond acceptors (Lipinski definition) is 7. The Morgan fingerprint density at radius 3 is 2.00 bits per heavy atom. The van der Waals surface area contributed by atoms with E-state index in [-0.39, 0.29) is 5.91 Å². The van der Waals surface area contributed by atoms with Crippen molar-refractivity contribution in [2.24, 2.45) is 0 Å². The Balaban J connectivity index is 1.90. The van der Waals surface area contributed by atoms with Gasteiger partial charge in [-0.15, -0.1) is 0 Å². The van der Waals surface area contributed by atoms with Gasteiger partial charge < -0.3 is 23.7 Å². The van der Waals surface area contributed by atoms with Crippen LogP contribution in [-0.4, -0.2) is 41.5 Å². The van der Waals surface area contributed by atoms with Gasteiger partial charge in [0, 0.05) is 6.07 Å². The molecule has 1 aliphatic rings. The Morgan fingerprint density at radius 1 is 0.771 bits per heavy atom. The molecule has 1 unspecified atom stereocenters. The van der Waals surface area contributed by atoms with Crippen LogP contribution in [0.2, 0.25) is 0 Å². The maximum Gasteiger partial charge on any atom is 0.266 e. The molecular formula is C27H27NO6S. The molecule has 1 aliphatic heterocycles. The minimum atomic E-state index is -0.424. The summed E-state index contributed by atoms with van der Waals surface area (Å²) in [5, 5.41) is -0.424. The average Bonchev–Trinajstić information content (AvgIpc) is 3.23. The van der Waals surface area contributed by atoms with Crippen LogP contribution in [0.5, 0.6) is 28.7 Å². The third-order valence-corrected chi connectivity index (χ3v) is 6.87. The van der Waals surface area contributed by atoms with Crippen molar-refractivity contribution in [2.45, 2.75) is 5.37 Å². The molecule has 1 amide bonds. The van der Waals surface area contributed by atoms with Crippen LogP contribution >= 0.6 is 11.8 Å². The number of methoxy groups -OCH3 is 5. The maximum absolute atomic E-state index is 13.8. The van der Waals surface area contributed by atoms with Crippen molar-refractivity contribution in [2.75, 3.05) is 40.4 Å². The molecule has 0 spiro atoms. The summed E-state index contributed by atoms with van der Waals surface area (Å²) in [7, 11) is 7.86. The Hall–Kier alpha value is -3.78. The number of carbonyl (C=O) groups is 1. The van der Waals surface area contributed by atoms with Crippen molar-refractivity contribution in [3.05, 3.63) is 76.7 Å². The predicted molar refractivity (Wildman–Crippen MR) is 138 cm³/mol. The number of rotatable bonds is 8. The van der Waals surface area contributed by atoms with E-state index in [0.717, 1.165) is 11.1 Å². The first-order chi connectivity index (χ1) is 17.0. The third kappa shape index (κ3) is 4.74. The van der Waals surface area contributed by atoms with Crippen molar-refractivity contribution in [1.82, 2.24) is 0 Å². The van der Waals surface area contributed by atoms with Crippen LogP contribution in [0.1, 0.15) is 16.5 Å². The van der Waals surface area contributed by atoms with Crippen LogP contribution < -0.4 is 28.6 Å². The van der Waals surface area contributed by atoms with Gasteiger partial charge in [0.25, 0.3) is 5.91 Å². The number of hydrogen-bond donors (Lipinski definition) is 0. The van der Waals surface area contributed by atoms with Gasteiger partial charge in [-0.3, -0.25) is 9.69 Å². The third-order valence-electron chi connectivity index (χ3n) is 5.62. The lowest BCUT2D eigenvalue weighted by Crippen LogP contribution is -2.28. The zero-order chi connectivity index (χ0) is 24.9. The average molecular weight is 494 g/mol. The van der Waals surface area contributed by atoms with Crippen molar-refractivity contribution >= 4 is 29.4 Å². The van der Waals surface area contributed by atoms with E-state index in [2.05, 4.69) is 0 Å². The van der Waals surface area contributed by atoms with Crippen LogP contribution in [0.3, 0.4) is 0 Å². The molecule has 0 aromatic heterocycles. The number of anilines is 1. The SMILES string of the molecule is COc1ccc(OC)c(N2C(=O)C(=Cc3ccccc3)SC2c2cc(OC)c(OC)c(OC)c2)c1.